The zero-order valence-corrected chi connectivity index (χ0v) is 21.3. The van der Waals surface area contributed by atoms with Gasteiger partial charge in [-0.15, -0.1) is 5.10 Å². The fourth-order valence-electron chi connectivity index (χ4n) is 5.32. The molecule has 6 rings (SSSR count). The molecule has 1 amide bonds. The number of likely N-dealkylation sites (tertiary alicyclic amines) is 1. The van der Waals surface area contributed by atoms with Gasteiger partial charge in [-0.25, -0.2) is 4.79 Å². The third kappa shape index (κ3) is 4.02. The number of amides is 1. The van der Waals surface area contributed by atoms with Crippen molar-refractivity contribution in [3.8, 4) is 0 Å². The molecule has 190 valence electrons. The molecule has 0 atom stereocenters. The van der Waals surface area contributed by atoms with Crippen LogP contribution in [-0.4, -0.2) is 62.1 Å². The number of carbonyl (C=O) groups excluding carboxylic acids is 1. The summed E-state index contributed by atoms with van der Waals surface area (Å²) in [6.07, 6.45) is 4.75. The number of piperidine rings is 1. The maximum atomic E-state index is 13.3. The van der Waals surface area contributed by atoms with Gasteiger partial charge in [0.2, 0.25) is 0 Å². The van der Waals surface area contributed by atoms with Crippen LogP contribution in [0.15, 0.2) is 72.4 Å². The van der Waals surface area contributed by atoms with Crippen LogP contribution in [0.25, 0.3) is 27.5 Å². The van der Waals surface area contributed by atoms with Crippen LogP contribution in [0.2, 0.25) is 0 Å². The van der Waals surface area contributed by atoms with Gasteiger partial charge in [-0.3, -0.25) is 4.68 Å². The Kier molecular flexibility index (Phi) is 5.95. The van der Waals surface area contributed by atoms with Crippen molar-refractivity contribution in [2.75, 3.05) is 25.5 Å². The molecule has 0 radical (unpaired) electrons. The molecule has 3 aromatic carbocycles. The average Bonchev–Trinajstić information content (AvgIpc) is 3.56. The molecule has 2 aromatic heterocycles. The molecule has 1 aliphatic rings. The van der Waals surface area contributed by atoms with Gasteiger partial charge in [0.15, 0.2) is 0 Å². The molecular formula is C29H28N8O. The molecule has 0 saturated carbocycles. The molecule has 1 fully saturated rings. The number of nitrogens with one attached hydrogen (secondary N) is 2. The zero-order chi connectivity index (χ0) is 26.2. The van der Waals surface area contributed by atoms with Crippen molar-refractivity contribution >= 4 is 45.4 Å². The Labute approximate surface area is 219 Å². The van der Waals surface area contributed by atoms with Gasteiger partial charge < -0.3 is 15.6 Å². The minimum absolute atomic E-state index is 0.152. The van der Waals surface area contributed by atoms with E-state index in [1.165, 1.54) is 16.5 Å². The minimum Gasteiger partial charge on any atom is -0.388 e. The fourth-order valence-corrected chi connectivity index (χ4v) is 5.32. The lowest BCUT2D eigenvalue weighted by Crippen LogP contribution is -2.39. The van der Waals surface area contributed by atoms with Crippen LogP contribution < -0.4 is 5.32 Å². The van der Waals surface area contributed by atoms with Crippen molar-refractivity contribution in [3.63, 3.8) is 0 Å². The van der Waals surface area contributed by atoms with Crippen LogP contribution in [0.1, 0.15) is 29.5 Å². The van der Waals surface area contributed by atoms with Crippen molar-refractivity contribution in [2.24, 2.45) is 7.05 Å². The van der Waals surface area contributed by atoms with Crippen LogP contribution in [0.3, 0.4) is 0 Å². The van der Waals surface area contributed by atoms with Crippen LogP contribution in [-0.2, 0) is 7.05 Å². The highest BCUT2D eigenvalue weighted by Gasteiger charge is 2.25. The summed E-state index contributed by atoms with van der Waals surface area (Å²) in [5, 5.41) is 24.8. The number of para-hydroxylation sites is 1. The highest BCUT2D eigenvalue weighted by molar-refractivity contribution is 5.93. The second kappa shape index (κ2) is 9.59. The number of anilines is 1. The molecule has 9 nitrogen and oxygen atoms in total. The molecule has 0 spiro atoms. The zero-order valence-electron chi connectivity index (χ0n) is 21.3. The lowest BCUT2D eigenvalue weighted by molar-refractivity contribution is 0.193. The number of aromatic nitrogens is 5. The summed E-state index contributed by atoms with van der Waals surface area (Å²) in [7, 11) is 3.81. The molecule has 5 aromatic rings. The third-order valence-electron chi connectivity index (χ3n) is 7.32. The SMILES string of the molecule is CNc1ccc(C(=C2CCN(C(=O)n3nnc4ccccc43)CC2)c2ccc3c(cnn3C)c2)cc1C=N. The number of hydrogen-bond acceptors (Lipinski definition) is 6. The number of benzene rings is 3. The Hall–Kier alpha value is -4.79. The highest BCUT2D eigenvalue weighted by atomic mass is 16.2. The summed E-state index contributed by atoms with van der Waals surface area (Å²) < 4.78 is 3.27. The standard InChI is InChI=1S/C29H28N8O/c1-31-24-9-7-20(15-22(24)17-30)28(21-8-10-26-23(16-21)18-32-35(26)2)19-11-13-36(14-12-19)29(38)37-27-6-4-3-5-25(27)33-34-37/h3-10,15-18,30-31H,11-14H2,1-2H3. The smallest absolute Gasteiger partial charge is 0.346 e. The second-order valence-electron chi connectivity index (χ2n) is 9.48. The summed E-state index contributed by atoms with van der Waals surface area (Å²) >= 11 is 0. The van der Waals surface area contributed by atoms with Crippen LogP contribution in [0, 0.1) is 5.41 Å². The fraction of sp³-hybridized carbons (Fsp3) is 0.207. The molecule has 0 bridgehead atoms. The highest BCUT2D eigenvalue weighted by Crippen LogP contribution is 2.35. The van der Waals surface area contributed by atoms with E-state index < -0.39 is 0 Å². The first kappa shape index (κ1) is 23.6. The molecular weight excluding hydrogens is 476 g/mol. The van der Waals surface area contributed by atoms with Crippen LogP contribution in [0.5, 0.6) is 0 Å². The number of nitrogens with zero attached hydrogens (tertiary/aromatic N) is 6. The first-order chi connectivity index (χ1) is 18.6. The van der Waals surface area contributed by atoms with Crippen molar-refractivity contribution in [3.05, 3.63) is 89.1 Å². The first-order valence-corrected chi connectivity index (χ1v) is 12.6. The van der Waals surface area contributed by atoms with E-state index in [4.69, 9.17) is 5.41 Å². The van der Waals surface area contributed by atoms with Gasteiger partial charge in [-0.05, 0) is 65.9 Å². The van der Waals surface area contributed by atoms with Gasteiger partial charge in [0.05, 0.1) is 17.2 Å². The first-order valence-electron chi connectivity index (χ1n) is 12.6. The van der Waals surface area contributed by atoms with Crippen LogP contribution in [0.4, 0.5) is 10.5 Å². The van der Waals surface area contributed by atoms with E-state index in [0.717, 1.165) is 51.7 Å². The van der Waals surface area contributed by atoms with Gasteiger partial charge in [-0.2, -0.15) is 9.78 Å². The summed E-state index contributed by atoms with van der Waals surface area (Å²) in [5.74, 6) is 0. The molecule has 1 saturated heterocycles. The maximum Gasteiger partial charge on any atom is 0.346 e. The predicted octanol–water partition coefficient (Wildman–Crippen LogP) is 4.92. The molecule has 3 heterocycles. The van der Waals surface area contributed by atoms with E-state index in [9.17, 15) is 4.79 Å². The van der Waals surface area contributed by atoms with E-state index in [-0.39, 0.29) is 6.03 Å². The van der Waals surface area contributed by atoms with Crippen molar-refractivity contribution in [1.29, 1.82) is 5.41 Å². The molecule has 9 heteroatoms. The second-order valence-corrected chi connectivity index (χ2v) is 9.48. The Morgan fingerprint density at radius 3 is 2.55 bits per heavy atom. The molecule has 0 unspecified atom stereocenters. The Morgan fingerprint density at radius 2 is 1.76 bits per heavy atom. The largest absolute Gasteiger partial charge is 0.388 e. The summed E-state index contributed by atoms with van der Waals surface area (Å²) in [6, 6.07) is 20.0. The lowest BCUT2D eigenvalue weighted by Gasteiger charge is -2.30. The average molecular weight is 505 g/mol. The summed E-state index contributed by atoms with van der Waals surface area (Å²) in [5.41, 5.74) is 8.84. The third-order valence-corrected chi connectivity index (χ3v) is 7.32. The van der Waals surface area contributed by atoms with E-state index >= 15 is 0 Å². The van der Waals surface area contributed by atoms with Crippen molar-refractivity contribution in [2.45, 2.75) is 12.8 Å². The van der Waals surface area contributed by atoms with E-state index in [1.807, 2.05) is 60.2 Å². The number of hydrogen-bond donors (Lipinski definition) is 2. The predicted molar refractivity (Wildman–Crippen MR) is 150 cm³/mol. The number of carbonyl (C=O) groups is 1. The topological polar surface area (TPSA) is 105 Å². The summed E-state index contributed by atoms with van der Waals surface area (Å²) in [6.45, 7) is 1.18. The Balaban J connectivity index is 1.37. The van der Waals surface area contributed by atoms with E-state index in [1.54, 1.807) is 0 Å². The van der Waals surface area contributed by atoms with Gasteiger partial charge in [0.1, 0.15) is 5.52 Å². The van der Waals surface area contributed by atoms with Gasteiger partial charge in [0.25, 0.3) is 0 Å². The number of fused-ring (bicyclic) bond motifs is 2. The molecule has 38 heavy (non-hydrogen) atoms. The molecule has 2 N–H and O–H groups in total. The molecule has 0 aliphatic carbocycles. The summed E-state index contributed by atoms with van der Waals surface area (Å²) in [4.78, 5) is 15.2. The normalized spacial score (nSPS) is 13.7. The van der Waals surface area contributed by atoms with Crippen LogP contribution >= 0.6 is 0 Å². The Bertz CT molecular complexity index is 1720. The van der Waals surface area contributed by atoms with Gasteiger partial charge in [-0.1, -0.05) is 35.1 Å². The van der Waals surface area contributed by atoms with E-state index in [2.05, 4.69) is 51.1 Å². The monoisotopic (exact) mass is 504 g/mol. The van der Waals surface area contributed by atoms with E-state index in [0.29, 0.717) is 24.1 Å². The minimum atomic E-state index is -0.152. The van der Waals surface area contributed by atoms with Gasteiger partial charge in [0, 0.05) is 50.0 Å². The van der Waals surface area contributed by atoms with Crippen molar-refractivity contribution < 1.29 is 4.79 Å². The Morgan fingerprint density at radius 1 is 1.00 bits per heavy atom. The number of aryl methyl sites for hydroxylation is 1. The maximum absolute atomic E-state index is 13.3. The van der Waals surface area contributed by atoms with Gasteiger partial charge >= 0.3 is 6.03 Å². The quantitative estimate of drug-likeness (QED) is 0.338. The number of rotatable bonds is 4. The van der Waals surface area contributed by atoms with Crippen molar-refractivity contribution in [1.82, 2.24) is 29.7 Å². The molecule has 1 aliphatic heterocycles. The lowest BCUT2D eigenvalue weighted by atomic mass is 9.87.